The smallest absolute Gasteiger partial charge is 0.121 e. The van der Waals surface area contributed by atoms with Crippen LogP contribution in [-0.4, -0.2) is 26.2 Å². The summed E-state index contributed by atoms with van der Waals surface area (Å²) in [6.07, 6.45) is 2.73. The predicted molar refractivity (Wildman–Crippen MR) is 71.7 cm³/mol. The fourth-order valence-corrected chi connectivity index (χ4v) is 2.35. The van der Waals surface area contributed by atoms with Crippen molar-refractivity contribution < 1.29 is 4.74 Å². The van der Waals surface area contributed by atoms with Gasteiger partial charge in [0.25, 0.3) is 0 Å². The van der Waals surface area contributed by atoms with Gasteiger partial charge in [-0.15, -0.1) is 0 Å². The van der Waals surface area contributed by atoms with Gasteiger partial charge in [-0.05, 0) is 50.9 Å². The van der Waals surface area contributed by atoms with Crippen molar-refractivity contribution in [3.05, 3.63) is 24.3 Å². The maximum absolute atomic E-state index is 6.03. The zero-order valence-corrected chi connectivity index (χ0v) is 10.7. The summed E-state index contributed by atoms with van der Waals surface area (Å²) in [6, 6.07) is 8.15. The number of anilines is 1. The second kappa shape index (κ2) is 5.92. The fourth-order valence-electron chi connectivity index (χ4n) is 2.35. The monoisotopic (exact) mass is 234 g/mol. The molecule has 94 valence electrons. The molecule has 1 fully saturated rings. The van der Waals surface area contributed by atoms with Gasteiger partial charge in [0.1, 0.15) is 5.75 Å². The van der Waals surface area contributed by atoms with Gasteiger partial charge in [-0.3, -0.25) is 0 Å². The molecule has 1 aromatic carbocycles. The highest BCUT2D eigenvalue weighted by molar-refractivity contribution is 5.47. The molecule has 0 amide bonds. The van der Waals surface area contributed by atoms with E-state index in [9.17, 15) is 0 Å². The summed E-state index contributed by atoms with van der Waals surface area (Å²) in [5.41, 5.74) is 1.10. The summed E-state index contributed by atoms with van der Waals surface area (Å²) < 4.78 is 6.03. The van der Waals surface area contributed by atoms with Crippen molar-refractivity contribution in [3.63, 3.8) is 0 Å². The van der Waals surface area contributed by atoms with Crippen LogP contribution in [0.25, 0.3) is 0 Å². The van der Waals surface area contributed by atoms with Gasteiger partial charge < -0.3 is 15.4 Å². The number of ether oxygens (including phenoxy) is 1. The number of piperidine rings is 1. The molecule has 1 aromatic rings. The van der Waals surface area contributed by atoms with Crippen LogP contribution >= 0.6 is 0 Å². The van der Waals surface area contributed by atoms with Crippen molar-refractivity contribution in [2.24, 2.45) is 5.92 Å². The lowest BCUT2D eigenvalue weighted by atomic mass is 9.93. The first-order chi connectivity index (χ1) is 8.29. The predicted octanol–water partition coefficient (Wildman–Crippen LogP) is 2.50. The first kappa shape index (κ1) is 12.2. The zero-order valence-electron chi connectivity index (χ0n) is 10.7. The van der Waals surface area contributed by atoms with E-state index in [1.807, 2.05) is 25.2 Å². The van der Waals surface area contributed by atoms with E-state index in [4.69, 9.17) is 4.74 Å². The van der Waals surface area contributed by atoms with E-state index in [-0.39, 0.29) is 0 Å². The Morgan fingerprint density at radius 2 is 2.12 bits per heavy atom. The van der Waals surface area contributed by atoms with E-state index < -0.39 is 0 Å². The maximum Gasteiger partial charge on any atom is 0.121 e. The van der Waals surface area contributed by atoms with Gasteiger partial charge in [-0.1, -0.05) is 6.07 Å². The summed E-state index contributed by atoms with van der Waals surface area (Å²) in [5.74, 6) is 1.64. The van der Waals surface area contributed by atoms with Crippen LogP contribution in [0, 0.1) is 5.92 Å². The minimum atomic E-state index is 0.296. The first-order valence-corrected chi connectivity index (χ1v) is 6.45. The van der Waals surface area contributed by atoms with E-state index in [0.29, 0.717) is 12.0 Å². The molecule has 2 N–H and O–H groups in total. The molecule has 0 aromatic heterocycles. The molecule has 0 aliphatic carbocycles. The second-order valence-corrected chi connectivity index (χ2v) is 4.69. The quantitative estimate of drug-likeness (QED) is 0.839. The Kier molecular flexibility index (Phi) is 4.26. The van der Waals surface area contributed by atoms with Crippen molar-refractivity contribution in [2.45, 2.75) is 25.9 Å². The molecule has 3 heteroatoms. The number of benzene rings is 1. The highest BCUT2D eigenvalue weighted by Gasteiger charge is 2.21. The van der Waals surface area contributed by atoms with E-state index >= 15 is 0 Å². The molecule has 17 heavy (non-hydrogen) atoms. The average molecular weight is 234 g/mol. The van der Waals surface area contributed by atoms with Crippen LogP contribution in [0.2, 0.25) is 0 Å². The number of hydrogen-bond acceptors (Lipinski definition) is 3. The lowest BCUT2D eigenvalue weighted by Crippen LogP contribution is -2.35. The topological polar surface area (TPSA) is 33.3 Å². The van der Waals surface area contributed by atoms with E-state index in [1.165, 1.54) is 12.8 Å². The molecule has 0 bridgehead atoms. The van der Waals surface area contributed by atoms with Gasteiger partial charge in [0.2, 0.25) is 0 Å². The lowest BCUT2D eigenvalue weighted by molar-refractivity contribution is 0.128. The van der Waals surface area contributed by atoms with Gasteiger partial charge in [-0.2, -0.15) is 0 Å². The molecule has 1 aliphatic rings. The van der Waals surface area contributed by atoms with Crippen LogP contribution in [0.3, 0.4) is 0 Å². The molecular weight excluding hydrogens is 212 g/mol. The Morgan fingerprint density at radius 3 is 2.82 bits per heavy atom. The SMILES string of the molecule is CNc1cccc(OC(C)C2CCNCC2)c1. The third kappa shape index (κ3) is 3.37. The van der Waals surface area contributed by atoms with Crippen LogP contribution in [0.15, 0.2) is 24.3 Å². The Morgan fingerprint density at radius 1 is 1.35 bits per heavy atom. The Bertz CT molecular complexity index is 348. The molecule has 2 rings (SSSR count). The molecule has 0 radical (unpaired) electrons. The van der Waals surface area contributed by atoms with Gasteiger partial charge in [0.05, 0.1) is 6.10 Å². The minimum Gasteiger partial charge on any atom is -0.490 e. The van der Waals surface area contributed by atoms with Gasteiger partial charge in [0, 0.05) is 18.8 Å². The molecule has 1 heterocycles. The first-order valence-electron chi connectivity index (χ1n) is 6.45. The molecule has 3 nitrogen and oxygen atoms in total. The van der Waals surface area contributed by atoms with Crippen molar-refractivity contribution in [3.8, 4) is 5.75 Å². The van der Waals surface area contributed by atoms with Crippen LogP contribution in [0.4, 0.5) is 5.69 Å². The summed E-state index contributed by atoms with van der Waals surface area (Å²) in [7, 11) is 1.93. The summed E-state index contributed by atoms with van der Waals surface area (Å²) in [6.45, 7) is 4.42. The number of rotatable bonds is 4. The average Bonchev–Trinajstić information content (AvgIpc) is 2.40. The fraction of sp³-hybridized carbons (Fsp3) is 0.571. The second-order valence-electron chi connectivity index (χ2n) is 4.69. The van der Waals surface area contributed by atoms with Crippen LogP contribution in [0.5, 0.6) is 5.75 Å². The highest BCUT2D eigenvalue weighted by Crippen LogP contribution is 2.23. The van der Waals surface area contributed by atoms with Crippen molar-refractivity contribution >= 4 is 5.69 Å². The minimum absolute atomic E-state index is 0.296. The van der Waals surface area contributed by atoms with Gasteiger partial charge in [0.15, 0.2) is 0 Å². The standard InChI is InChI=1S/C14H22N2O/c1-11(12-6-8-16-9-7-12)17-14-5-3-4-13(10-14)15-2/h3-5,10-12,15-16H,6-9H2,1-2H3. The molecule has 0 saturated carbocycles. The van der Waals surface area contributed by atoms with Crippen molar-refractivity contribution in [2.75, 3.05) is 25.5 Å². The van der Waals surface area contributed by atoms with Crippen molar-refractivity contribution in [1.29, 1.82) is 0 Å². The van der Waals surface area contributed by atoms with E-state index in [1.54, 1.807) is 0 Å². The lowest BCUT2D eigenvalue weighted by Gasteiger charge is -2.28. The summed E-state index contributed by atoms with van der Waals surface area (Å²) in [5, 5.41) is 6.52. The summed E-state index contributed by atoms with van der Waals surface area (Å²) in [4.78, 5) is 0. The van der Waals surface area contributed by atoms with Gasteiger partial charge >= 0.3 is 0 Å². The van der Waals surface area contributed by atoms with Crippen LogP contribution in [0.1, 0.15) is 19.8 Å². The summed E-state index contributed by atoms with van der Waals surface area (Å²) >= 11 is 0. The zero-order chi connectivity index (χ0) is 12.1. The van der Waals surface area contributed by atoms with Crippen LogP contribution < -0.4 is 15.4 Å². The number of hydrogen-bond donors (Lipinski definition) is 2. The molecular formula is C14H22N2O. The molecule has 1 atom stereocenters. The Balaban J connectivity index is 1.94. The van der Waals surface area contributed by atoms with Crippen molar-refractivity contribution in [1.82, 2.24) is 5.32 Å². The third-order valence-electron chi connectivity index (χ3n) is 3.49. The van der Waals surface area contributed by atoms with E-state index in [0.717, 1.165) is 24.5 Å². The van der Waals surface area contributed by atoms with Crippen LogP contribution in [-0.2, 0) is 0 Å². The third-order valence-corrected chi connectivity index (χ3v) is 3.49. The maximum atomic E-state index is 6.03. The molecule has 1 saturated heterocycles. The largest absolute Gasteiger partial charge is 0.490 e. The van der Waals surface area contributed by atoms with E-state index in [2.05, 4.69) is 23.6 Å². The normalized spacial score (nSPS) is 18.7. The Labute approximate surface area is 104 Å². The molecule has 1 unspecified atom stereocenters. The number of nitrogens with one attached hydrogen (secondary N) is 2. The highest BCUT2D eigenvalue weighted by atomic mass is 16.5. The molecule has 1 aliphatic heterocycles. The molecule has 0 spiro atoms. The van der Waals surface area contributed by atoms with Gasteiger partial charge in [-0.25, -0.2) is 0 Å². The Hall–Kier alpha value is -1.22.